The molecule has 0 aromatic heterocycles. The van der Waals surface area contributed by atoms with Crippen LogP contribution in [0, 0.1) is 17.0 Å². The smallest absolute Gasteiger partial charge is 0.273 e. The first-order valence-corrected chi connectivity index (χ1v) is 14.3. The minimum absolute atomic E-state index is 0.0520. The largest absolute Gasteiger partial charge is 0.495 e. The molecule has 3 rings (SSSR count). The maximum absolute atomic E-state index is 13.8. The third-order valence-corrected chi connectivity index (χ3v) is 7.68. The van der Waals surface area contributed by atoms with Crippen LogP contribution >= 0.6 is 11.6 Å². The fourth-order valence-corrected chi connectivity index (χ4v) is 5.33. The van der Waals surface area contributed by atoms with E-state index in [4.69, 9.17) is 25.8 Å². The summed E-state index contributed by atoms with van der Waals surface area (Å²) < 4.78 is 44.8. The molecule has 0 heterocycles. The Balaban J connectivity index is 1.93. The van der Waals surface area contributed by atoms with Crippen LogP contribution < -0.4 is 23.9 Å². The van der Waals surface area contributed by atoms with E-state index in [0.29, 0.717) is 23.7 Å². The summed E-state index contributed by atoms with van der Waals surface area (Å²) in [5.74, 6) is 0.260. The molecule has 3 aromatic carbocycles. The molecule has 1 N–H and O–H groups in total. The van der Waals surface area contributed by atoms with Gasteiger partial charge in [0.15, 0.2) is 11.5 Å². The van der Waals surface area contributed by atoms with Gasteiger partial charge < -0.3 is 14.2 Å². The molecule has 0 aliphatic rings. The number of nitrogens with one attached hydrogen (secondary N) is 1. The molecule has 1 amide bonds. The molecule has 222 valence electrons. The van der Waals surface area contributed by atoms with E-state index >= 15 is 0 Å². The first-order valence-electron chi connectivity index (χ1n) is 12.5. The summed E-state index contributed by atoms with van der Waals surface area (Å²) in [5.41, 5.74) is 2.69. The number of ether oxygens (including phenoxy) is 3. The average molecular weight is 617 g/mol. The molecule has 14 heteroatoms. The lowest BCUT2D eigenvalue weighted by Crippen LogP contribution is -2.39. The highest BCUT2D eigenvalue weighted by Crippen LogP contribution is 2.35. The minimum atomic E-state index is -4.53. The molecular formula is C28H29ClN4O8S. The van der Waals surface area contributed by atoms with Gasteiger partial charge in [0.05, 0.1) is 35.4 Å². The van der Waals surface area contributed by atoms with Crippen molar-refractivity contribution in [3.8, 4) is 17.2 Å². The Hall–Kier alpha value is -4.62. The van der Waals surface area contributed by atoms with E-state index in [1.165, 1.54) is 50.6 Å². The van der Waals surface area contributed by atoms with Crippen molar-refractivity contribution >= 4 is 45.1 Å². The molecule has 0 unspecified atom stereocenters. The molecular weight excluding hydrogens is 588 g/mol. The van der Waals surface area contributed by atoms with Gasteiger partial charge in [-0.3, -0.25) is 19.2 Å². The predicted molar refractivity (Wildman–Crippen MR) is 159 cm³/mol. The van der Waals surface area contributed by atoms with Crippen LogP contribution in [-0.4, -0.2) is 52.3 Å². The standard InChI is InChI=1S/C28H29ClN4O8S/c1-5-13-41-26-11-8-20(14-27(26)40-6-2)17-30-31-28(34)18-32(24-15-21(29)9-12-25(24)39-4)42(37,38)22-10-7-19(3)23(16-22)33(35)36/h5,7-12,14-17H,1,6,13,18H2,2-4H3,(H,31,34)/b30-17-. The Morgan fingerprint density at radius 3 is 2.52 bits per heavy atom. The quantitative estimate of drug-likeness (QED) is 0.117. The fourth-order valence-electron chi connectivity index (χ4n) is 3.72. The number of nitro benzene ring substituents is 1. The third kappa shape index (κ3) is 7.77. The van der Waals surface area contributed by atoms with Crippen LogP contribution in [0.3, 0.4) is 0 Å². The topological polar surface area (TPSA) is 150 Å². The zero-order valence-corrected chi connectivity index (χ0v) is 24.6. The minimum Gasteiger partial charge on any atom is -0.495 e. The van der Waals surface area contributed by atoms with E-state index < -0.39 is 38.0 Å². The zero-order valence-electron chi connectivity index (χ0n) is 23.1. The molecule has 0 spiro atoms. The molecule has 0 bridgehead atoms. The van der Waals surface area contributed by atoms with Gasteiger partial charge in [-0.1, -0.05) is 30.3 Å². The Labute approximate surface area is 248 Å². The SMILES string of the molecule is C=CCOc1ccc(/C=N\NC(=O)CN(c2cc(Cl)ccc2OC)S(=O)(=O)c2ccc(C)c([N+](=O)[O-])c2)cc1OCC. The second-order valence-electron chi connectivity index (χ2n) is 8.57. The van der Waals surface area contributed by atoms with Crippen molar-refractivity contribution in [3.63, 3.8) is 0 Å². The second-order valence-corrected chi connectivity index (χ2v) is 10.9. The summed E-state index contributed by atoms with van der Waals surface area (Å²) in [4.78, 5) is 23.4. The molecule has 0 aliphatic heterocycles. The van der Waals surface area contributed by atoms with Gasteiger partial charge in [-0.25, -0.2) is 13.8 Å². The summed E-state index contributed by atoms with van der Waals surface area (Å²) in [5, 5.41) is 15.6. The Morgan fingerprint density at radius 2 is 1.86 bits per heavy atom. The van der Waals surface area contributed by atoms with E-state index in [2.05, 4.69) is 17.1 Å². The highest BCUT2D eigenvalue weighted by molar-refractivity contribution is 7.92. The van der Waals surface area contributed by atoms with Crippen molar-refractivity contribution in [1.29, 1.82) is 0 Å². The van der Waals surface area contributed by atoms with Crippen LogP contribution in [0.15, 0.2) is 77.2 Å². The number of carbonyl (C=O) groups excluding carboxylic acids is 1. The van der Waals surface area contributed by atoms with Crippen LogP contribution in [0.1, 0.15) is 18.1 Å². The number of nitro groups is 1. The maximum atomic E-state index is 13.8. The van der Waals surface area contributed by atoms with Crippen molar-refractivity contribution in [3.05, 3.63) is 93.5 Å². The number of benzene rings is 3. The van der Waals surface area contributed by atoms with E-state index in [1.54, 1.807) is 24.3 Å². The van der Waals surface area contributed by atoms with Crippen molar-refractivity contribution in [2.75, 3.05) is 31.2 Å². The van der Waals surface area contributed by atoms with Crippen molar-refractivity contribution in [2.24, 2.45) is 5.10 Å². The van der Waals surface area contributed by atoms with Crippen molar-refractivity contribution in [2.45, 2.75) is 18.7 Å². The van der Waals surface area contributed by atoms with Gasteiger partial charge in [0, 0.05) is 16.7 Å². The lowest BCUT2D eigenvalue weighted by molar-refractivity contribution is -0.385. The van der Waals surface area contributed by atoms with Gasteiger partial charge in [0.1, 0.15) is 18.9 Å². The van der Waals surface area contributed by atoms with Gasteiger partial charge in [-0.05, 0) is 61.9 Å². The summed E-state index contributed by atoms with van der Waals surface area (Å²) in [6, 6.07) is 12.7. The normalized spacial score (nSPS) is 11.1. The van der Waals surface area contributed by atoms with Gasteiger partial charge in [-0.2, -0.15) is 5.10 Å². The van der Waals surface area contributed by atoms with E-state index in [-0.39, 0.29) is 28.6 Å². The van der Waals surface area contributed by atoms with E-state index in [0.717, 1.165) is 10.4 Å². The van der Waals surface area contributed by atoms with Crippen LogP contribution in [0.4, 0.5) is 11.4 Å². The number of carbonyl (C=O) groups is 1. The summed E-state index contributed by atoms with van der Waals surface area (Å²) in [6.45, 7) is 6.85. The number of nitrogens with zero attached hydrogens (tertiary/aromatic N) is 3. The zero-order chi connectivity index (χ0) is 30.9. The fraction of sp³-hybridized carbons (Fsp3) is 0.214. The molecule has 0 radical (unpaired) electrons. The highest BCUT2D eigenvalue weighted by atomic mass is 35.5. The number of rotatable bonds is 14. The number of methoxy groups -OCH3 is 1. The molecule has 42 heavy (non-hydrogen) atoms. The number of hydrogen-bond donors (Lipinski definition) is 1. The van der Waals surface area contributed by atoms with Gasteiger partial charge in [0.25, 0.3) is 21.6 Å². The van der Waals surface area contributed by atoms with E-state index in [9.17, 15) is 23.3 Å². The van der Waals surface area contributed by atoms with Crippen LogP contribution in [0.5, 0.6) is 17.2 Å². The molecule has 0 fully saturated rings. The van der Waals surface area contributed by atoms with Crippen molar-refractivity contribution in [1.82, 2.24) is 5.43 Å². The monoisotopic (exact) mass is 616 g/mol. The van der Waals surface area contributed by atoms with Gasteiger partial charge in [-0.15, -0.1) is 0 Å². The van der Waals surface area contributed by atoms with Gasteiger partial charge >= 0.3 is 0 Å². The van der Waals surface area contributed by atoms with Crippen LogP contribution in [0.25, 0.3) is 0 Å². The van der Waals surface area contributed by atoms with Crippen LogP contribution in [-0.2, 0) is 14.8 Å². The van der Waals surface area contributed by atoms with Gasteiger partial charge in [0.2, 0.25) is 0 Å². The number of hydrazone groups is 1. The molecule has 0 atom stereocenters. The number of amides is 1. The van der Waals surface area contributed by atoms with Crippen molar-refractivity contribution < 1.29 is 32.3 Å². The highest BCUT2D eigenvalue weighted by Gasteiger charge is 2.31. The molecule has 0 aliphatic carbocycles. The number of halogens is 1. The Kier molecular flexibility index (Phi) is 10.9. The van der Waals surface area contributed by atoms with E-state index in [1.807, 2.05) is 6.92 Å². The molecule has 0 saturated heterocycles. The number of sulfonamides is 1. The first kappa shape index (κ1) is 31.9. The first-order chi connectivity index (χ1) is 20.0. The number of aryl methyl sites for hydroxylation is 1. The molecule has 12 nitrogen and oxygen atoms in total. The summed E-state index contributed by atoms with van der Waals surface area (Å²) >= 11 is 6.15. The Morgan fingerprint density at radius 1 is 1.12 bits per heavy atom. The predicted octanol–water partition coefficient (Wildman–Crippen LogP) is 4.87. The average Bonchev–Trinajstić information content (AvgIpc) is 2.95. The number of hydrogen-bond acceptors (Lipinski definition) is 9. The lowest BCUT2D eigenvalue weighted by Gasteiger charge is -2.25. The van der Waals surface area contributed by atoms with Crippen LogP contribution in [0.2, 0.25) is 5.02 Å². The Bertz CT molecular complexity index is 1610. The number of anilines is 1. The molecule has 0 saturated carbocycles. The second kappa shape index (κ2) is 14.3. The summed E-state index contributed by atoms with van der Waals surface area (Å²) in [6.07, 6.45) is 2.95. The third-order valence-electron chi connectivity index (χ3n) is 5.69. The lowest BCUT2D eigenvalue weighted by atomic mass is 10.2. The molecule has 3 aromatic rings. The summed E-state index contributed by atoms with van der Waals surface area (Å²) in [7, 11) is -3.21. The maximum Gasteiger partial charge on any atom is 0.273 e.